The number of hydrogen-bond donors (Lipinski definition) is 1. The topological polar surface area (TPSA) is 50.7 Å². The predicted octanol–water partition coefficient (Wildman–Crippen LogP) is 6.14. The SMILES string of the molecule is Cc1ccc(C(=O)N/N=C\c2ccc(OCc3cccc4ccccc34)cc2)cc1Cl. The fourth-order valence-electron chi connectivity index (χ4n) is 3.19. The summed E-state index contributed by atoms with van der Waals surface area (Å²) in [4.78, 5) is 12.2. The van der Waals surface area contributed by atoms with Crippen LogP contribution in [0, 0.1) is 6.92 Å². The number of benzene rings is 4. The van der Waals surface area contributed by atoms with Gasteiger partial charge in [0.15, 0.2) is 0 Å². The van der Waals surface area contributed by atoms with Crippen molar-refractivity contribution in [2.24, 2.45) is 5.10 Å². The van der Waals surface area contributed by atoms with Crippen LogP contribution in [0.5, 0.6) is 5.75 Å². The van der Waals surface area contributed by atoms with Crippen molar-refractivity contribution in [2.75, 3.05) is 0 Å². The zero-order valence-electron chi connectivity index (χ0n) is 17.0. The highest BCUT2D eigenvalue weighted by Gasteiger charge is 2.06. The Kier molecular flexibility index (Phi) is 6.29. The van der Waals surface area contributed by atoms with Crippen molar-refractivity contribution >= 4 is 34.5 Å². The molecule has 1 amide bonds. The maximum atomic E-state index is 12.2. The van der Waals surface area contributed by atoms with E-state index >= 15 is 0 Å². The molecule has 4 rings (SSSR count). The van der Waals surface area contributed by atoms with E-state index in [0.717, 1.165) is 22.4 Å². The van der Waals surface area contributed by atoms with Gasteiger partial charge < -0.3 is 4.74 Å². The molecule has 1 N–H and O–H groups in total. The maximum absolute atomic E-state index is 12.2. The molecule has 0 aliphatic rings. The summed E-state index contributed by atoms with van der Waals surface area (Å²) >= 11 is 6.07. The molecule has 5 heteroatoms. The molecule has 4 nitrogen and oxygen atoms in total. The van der Waals surface area contributed by atoms with E-state index in [1.54, 1.807) is 24.4 Å². The summed E-state index contributed by atoms with van der Waals surface area (Å²) in [6, 6.07) is 27.2. The minimum Gasteiger partial charge on any atom is -0.489 e. The van der Waals surface area contributed by atoms with Gasteiger partial charge in [0, 0.05) is 10.6 Å². The molecule has 0 spiro atoms. The number of amides is 1. The van der Waals surface area contributed by atoms with Gasteiger partial charge in [0.05, 0.1) is 6.21 Å². The molecule has 154 valence electrons. The largest absolute Gasteiger partial charge is 0.489 e. The molecule has 0 aliphatic heterocycles. The second kappa shape index (κ2) is 9.45. The Bertz CT molecular complexity index is 1240. The summed E-state index contributed by atoms with van der Waals surface area (Å²) in [6.07, 6.45) is 1.59. The highest BCUT2D eigenvalue weighted by Crippen LogP contribution is 2.21. The van der Waals surface area contributed by atoms with Gasteiger partial charge in [-0.15, -0.1) is 0 Å². The minimum absolute atomic E-state index is 0.312. The fraction of sp³-hybridized carbons (Fsp3) is 0.0769. The summed E-state index contributed by atoms with van der Waals surface area (Å²) in [5, 5.41) is 6.96. The lowest BCUT2D eigenvalue weighted by Crippen LogP contribution is -2.17. The predicted molar refractivity (Wildman–Crippen MR) is 126 cm³/mol. The summed E-state index contributed by atoms with van der Waals surface area (Å²) in [6.45, 7) is 2.38. The molecule has 0 saturated heterocycles. The van der Waals surface area contributed by atoms with Crippen LogP contribution in [0.2, 0.25) is 5.02 Å². The highest BCUT2D eigenvalue weighted by atomic mass is 35.5. The molecule has 0 aromatic heterocycles. The van der Waals surface area contributed by atoms with E-state index in [1.807, 2.05) is 49.4 Å². The van der Waals surface area contributed by atoms with Gasteiger partial charge in [-0.1, -0.05) is 60.1 Å². The fourth-order valence-corrected chi connectivity index (χ4v) is 3.37. The van der Waals surface area contributed by atoms with E-state index in [2.05, 4.69) is 34.8 Å². The number of halogens is 1. The molecular weight excluding hydrogens is 408 g/mol. The third-order valence-corrected chi connectivity index (χ3v) is 5.38. The van der Waals surface area contributed by atoms with Crippen LogP contribution in [0.3, 0.4) is 0 Å². The van der Waals surface area contributed by atoms with Crippen LogP contribution >= 0.6 is 11.6 Å². The van der Waals surface area contributed by atoms with E-state index in [9.17, 15) is 4.79 Å². The molecule has 31 heavy (non-hydrogen) atoms. The van der Waals surface area contributed by atoms with Crippen LogP contribution in [-0.2, 0) is 6.61 Å². The van der Waals surface area contributed by atoms with Gasteiger partial charge in [-0.05, 0) is 70.8 Å². The first-order chi connectivity index (χ1) is 15.1. The van der Waals surface area contributed by atoms with E-state index in [-0.39, 0.29) is 5.91 Å². The summed E-state index contributed by atoms with van der Waals surface area (Å²) in [5.41, 5.74) is 5.89. The molecule has 4 aromatic rings. The lowest BCUT2D eigenvalue weighted by atomic mass is 10.1. The summed E-state index contributed by atoms with van der Waals surface area (Å²) < 4.78 is 5.95. The number of aryl methyl sites for hydroxylation is 1. The van der Waals surface area contributed by atoms with Gasteiger partial charge >= 0.3 is 0 Å². The number of ether oxygens (including phenoxy) is 1. The third-order valence-electron chi connectivity index (χ3n) is 4.97. The molecule has 0 unspecified atom stereocenters. The van der Waals surface area contributed by atoms with Crippen LogP contribution in [-0.4, -0.2) is 12.1 Å². The van der Waals surface area contributed by atoms with E-state index < -0.39 is 0 Å². The van der Waals surface area contributed by atoms with Gasteiger partial charge in [0.1, 0.15) is 12.4 Å². The first-order valence-corrected chi connectivity index (χ1v) is 10.3. The van der Waals surface area contributed by atoms with Gasteiger partial charge in [0.25, 0.3) is 5.91 Å². The van der Waals surface area contributed by atoms with Crippen LogP contribution < -0.4 is 10.2 Å². The maximum Gasteiger partial charge on any atom is 0.271 e. The standard InChI is InChI=1S/C26H21ClN2O2/c1-18-9-12-21(15-25(18)27)26(30)29-28-16-19-10-13-23(14-11-19)31-17-22-7-4-6-20-5-2-3-8-24(20)22/h2-16H,17H2,1H3,(H,29,30)/b28-16-. The van der Waals surface area contributed by atoms with Crippen molar-refractivity contribution in [3.8, 4) is 5.75 Å². The Hall–Kier alpha value is -3.63. The Morgan fingerprint density at radius 3 is 2.58 bits per heavy atom. The molecule has 0 fully saturated rings. The molecule has 0 bridgehead atoms. The van der Waals surface area contributed by atoms with Crippen molar-refractivity contribution in [2.45, 2.75) is 13.5 Å². The summed E-state index contributed by atoms with van der Waals surface area (Å²) in [5.74, 6) is 0.455. The lowest BCUT2D eigenvalue weighted by Gasteiger charge is -2.09. The van der Waals surface area contributed by atoms with Crippen molar-refractivity contribution in [3.63, 3.8) is 0 Å². The smallest absolute Gasteiger partial charge is 0.271 e. The van der Waals surface area contributed by atoms with Crippen molar-refractivity contribution < 1.29 is 9.53 Å². The van der Waals surface area contributed by atoms with Crippen molar-refractivity contribution in [1.29, 1.82) is 0 Å². The zero-order chi connectivity index (χ0) is 21.6. The molecular formula is C26H21ClN2O2. The van der Waals surface area contributed by atoms with Gasteiger partial charge in [-0.25, -0.2) is 5.43 Å². The van der Waals surface area contributed by atoms with Gasteiger partial charge in [-0.2, -0.15) is 5.10 Å². The third kappa shape index (κ3) is 5.11. The Labute approximate surface area is 186 Å². The Balaban J connectivity index is 1.34. The Morgan fingerprint density at radius 1 is 1.00 bits per heavy atom. The second-order valence-electron chi connectivity index (χ2n) is 7.16. The average molecular weight is 429 g/mol. The second-order valence-corrected chi connectivity index (χ2v) is 7.57. The number of fused-ring (bicyclic) bond motifs is 1. The number of hydrazone groups is 1. The molecule has 0 aliphatic carbocycles. The van der Waals surface area contributed by atoms with E-state index in [4.69, 9.17) is 16.3 Å². The molecule has 0 radical (unpaired) electrons. The van der Waals surface area contributed by atoms with E-state index in [1.165, 1.54) is 10.8 Å². The average Bonchev–Trinajstić information content (AvgIpc) is 2.80. The molecule has 0 atom stereocenters. The monoisotopic (exact) mass is 428 g/mol. The van der Waals surface area contributed by atoms with E-state index in [0.29, 0.717) is 17.2 Å². The minimum atomic E-state index is -0.312. The number of nitrogens with one attached hydrogen (secondary N) is 1. The van der Waals surface area contributed by atoms with Crippen LogP contribution in [0.4, 0.5) is 0 Å². The lowest BCUT2D eigenvalue weighted by molar-refractivity contribution is 0.0955. The van der Waals surface area contributed by atoms with Crippen LogP contribution in [0.15, 0.2) is 90.0 Å². The Morgan fingerprint density at radius 2 is 1.77 bits per heavy atom. The van der Waals surface area contributed by atoms with Crippen molar-refractivity contribution in [1.82, 2.24) is 5.43 Å². The van der Waals surface area contributed by atoms with Gasteiger partial charge in [0.2, 0.25) is 0 Å². The van der Waals surface area contributed by atoms with Gasteiger partial charge in [-0.3, -0.25) is 4.79 Å². The quantitative estimate of drug-likeness (QED) is 0.296. The normalized spacial score (nSPS) is 11.0. The number of nitrogens with zero attached hydrogens (tertiary/aromatic N) is 1. The van der Waals surface area contributed by atoms with Crippen molar-refractivity contribution in [3.05, 3.63) is 112 Å². The first kappa shape index (κ1) is 20.6. The molecule has 4 aromatic carbocycles. The molecule has 0 saturated carbocycles. The number of carbonyl (C=O) groups is 1. The summed E-state index contributed by atoms with van der Waals surface area (Å²) in [7, 11) is 0. The number of hydrogen-bond acceptors (Lipinski definition) is 3. The highest BCUT2D eigenvalue weighted by molar-refractivity contribution is 6.31. The number of rotatable bonds is 6. The zero-order valence-corrected chi connectivity index (χ0v) is 17.8. The first-order valence-electron chi connectivity index (χ1n) is 9.89. The number of carbonyl (C=O) groups excluding carboxylic acids is 1. The molecule has 0 heterocycles. The van der Waals surface area contributed by atoms with Crippen LogP contribution in [0.1, 0.15) is 27.0 Å². The van der Waals surface area contributed by atoms with Crippen LogP contribution in [0.25, 0.3) is 10.8 Å².